The van der Waals surface area contributed by atoms with Crippen molar-refractivity contribution in [1.29, 1.82) is 0 Å². The van der Waals surface area contributed by atoms with Crippen LogP contribution in [0.15, 0.2) is 12.4 Å². The third kappa shape index (κ3) is 4.12. The fraction of sp³-hybridized carbons (Fsp3) is 0.600. The van der Waals surface area contributed by atoms with Crippen LogP contribution in [0.1, 0.15) is 18.9 Å². The van der Waals surface area contributed by atoms with Crippen molar-refractivity contribution in [3.63, 3.8) is 0 Å². The van der Waals surface area contributed by atoms with Gasteiger partial charge in [-0.25, -0.2) is 0 Å². The Morgan fingerprint density at radius 3 is 3.07 bits per heavy atom. The van der Waals surface area contributed by atoms with E-state index in [0.717, 1.165) is 18.7 Å². The third-order valence-corrected chi connectivity index (χ3v) is 2.07. The van der Waals surface area contributed by atoms with Crippen LogP contribution in [0, 0.1) is 0 Å². The lowest BCUT2D eigenvalue weighted by Gasteiger charge is -2.01. The number of nitrogens with one attached hydrogen (secondary N) is 1. The van der Waals surface area contributed by atoms with E-state index in [-0.39, 0.29) is 5.97 Å². The molecule has 0 aliphatic carbocycles. The molecule has 15 heavy (non-hydrogen) atoms. The van der Waals surface area contributed by atoms with E-state index in [1.807, 2.05) is 24.0 Å². The molecule has 0 spiro atoms. The highest BCUT2D eigenvalue weighted by molar-refractivity contribution is 5.69. The zero-order valence-electron chi connectivity index (χ0n) is 9.19. The zero-order chi connectivity index (χ0) is 11.1. The standard InChI is InChI=1S/C10H17N3O2/c1-3-13-8-9(7-12-13)6-11-5-4-10(14)15-2/h7-8,11H,3-6H2,1-2H3. The number of esters is 1. The van der Waals surface area contributed by atoms with Crippen molar-refractivity contribution in [3.8, 4) is 0 Å². The van der Waals surface area contributed by atoms with Gasteiger partial charge in [0.2, 0.25) is 0 Å². The molecule has 1 N–H and O–H groups in total. The van der Waals surface area contributed by atoms with Crippen molar-refractivity contribution >= 4 is 5.97 Å². The Hall–Kier alpha value is -1.36. The molecule has 0 unspecified atom stereocenters. The first-order valence-electron chi connectivity index (χ1n) is 5.05. The van der Waals surface area contributed by atoms with Gasteiger partial charge in [-0.2, -0.15) is 5.10 Å². The molecule has 0 aliphatic rings. The van der Waals surface area contributed by atoms with Crippen molar-refractivity contribution in [2.24, 2.45) is 0 Å². The van der Waals surface area contributed by atoms with E-state index in [4.69, 9.17) is 0 Å². The Morgan fingerprint density at radius 1 is 1.67 bits per heavy atom. The quantitative estimate of drug-likeness (QED) is 0.551. The van der Waals surface area contributed by atoms with Gasteiger partial charge < -0.3 is 10.1 Å². The van der Waals surface area contributed by atoms with Gasteiger partial charge in [-0.3, -0.25) is 9.48 Å². The number of methoxy groups -OCH3 is 1. The summed E-state index contributed by atoms with van der Waals surface area (Å²) in [5.74, 6) is -0.188. The van der Waals surface area contributed by atoms with Gasteiger partial charge >= 0.3 is 5.97 Å². The fourth-order valence-corrected chi connectivity index (χ4v) is 1.20. The molecule has 5 heteroatoms. The molecule has 0 fully saturated rings. The molecule has 0 saturated heterocycles. The Kier molecular flexibility index (Phi) is 4.83. The van der Waals surface area contributed by atoms with Crippen LogP contribution in [0.25, 0.3) is 0 Å². The van der Waals surface area contributed by atoms with Gasteiger partial charge in [-0.05, 0) is 6.92 Å². The molecule has 0 radical (unpaired) electrons. The Bertz CT molecular complexity index is 309. The zero-order valence-corrected chi connectivity index (χ0v) is 9.19. The first-order valence-corrected chi connectivity index (χ1v) is 5.05. The van der Waals surface area contributed by atoms with Crippen molar-refractivity contribution in [1.82, 2.24) is 15.1 Å². The number of carbonyl (C=O) groups excluding carboxylic acids is 1. The minimum absolute atomic E-state index is 0.188. The molecule has 0 saturated carbocycles. The topological polar surface area (TPSA) is 56.2 Å². The van der Waals surface area contributed by atoms with E-state index in [2.05, 4.69) is 15.2 Å². The maximum absolute atomic E-state index is 10.8. The average Bonchev–Trinajstić information content (AvgIpc) is 2.72. The molecular formula is C10H17N3O2. The van der Waals surface area contributed by atoms with Gasteiger partial charge in [-0.15, -0.1) is 0 Å². The second-order valence-corrected chi connectivity index (χ2v) is 3.21. The fourth-order valence-electron chi connectivity index (χ4n) is 1.20. The summed E-state index contributed by atoms with van der Waals surface area (Å²) in [6.07, 6.45) is 4.22. The predicted octanol–water partition coefficient (Wildman–Crippen LogP) is 0.556. The summed E-state index contributed by atoms with van der Waals surface area (Å²) in [5, 5.41) is 7.30. The third-order valence-electron chi connectivity index (χ3n) is 2.07. The van der Waals surface area contributed by atoms with Crippen LogP contribution >= 0.6 is 0 Å². The summed E-state index contributed by atoms with van der Waals surface area (Å²) in [5.41, 5.74) is 1.13. The molecular weight excluding hydrogens is 194 g/mol. The summed E-state index contributed by atoms with van der Waals surface area (Å²) in [6, 6.07) is 0. The van der Waals surface area contributed by atoms with E-state index in [0.29, 0.717) is 13.0 Å². The number of aryl methyl sites for hydroxylation is 1. The van der Waals surface area contributed by atoms with Crippen LogP contribution in [-0.4, -0.2) is 29.4 Å². The van der Waals surface area contributed by atoms with Gasteiger partial charge in [0.25, 0.3) is 0 Å². The monoisotopic (exact) mass is 211 g/mol. The van der Waals surface area contributed by atoms with Crippen LogP contribution in [0.2, 0.25) is 0 Å². The lowest BCUT2D eigenvalue weighted by Crippen LogP contribution is -2.18. The predicted molar refractivity (Wildman–Crippen MR) is 56.2 cm³/mol. The summed E-state index contributed by atoms with van der Waals surface area (Å²) >= 11 is 0. The van der Waals surface area contributed by atoms with E-state index < -0.39 is 0 Å². The van der Waals surface area contributed by atoms with Gasteiger partial charge in [0.15, 0.2) is 0 Å². The molecule has 0 amide bonds. The number of rotatable bonds is 6. The first kappa shape index (κ1) is 11.7. The molecule has 1 aromatic rings. The van der Waals surface area contributed by atoms with Crippen molar-refractivity contribution in [2.75, 3.05) is 13.7 Å². The lowest BCUT2D eigenvalue weighted by atomic mass is 10.3. The van der Waals surface area contributed by atoms with Crippen LogP contribution in [-0.2, 0) is 22.6 Å². The lowest BCUT2D eigenvalue weighted by molar-refractivity contribution is -0.140. The Labute approximate surface area is 89.4 Å². The summed E-state index contributed by atoms with van der Waals surface area (Å²) in [6.45, 7) is 4.28. The van der Waals surface area contributed by atoms with E-state index in [1.54, 1.807) is 0 Å². The smallest absolute Gasteiger partial charge is 0.306 e. The number of hydrogen-bond acceptors (Lipinski definition) is 4. The maximum Gasteiger partial charge on any atom is 0.306 e. The summed E-state index contributed by atoms with van der Waals surface area (Å²) in [7, 11) is 1.40. The molecule has 0 aliphatic heterocycles. The molecule has 0 aromatic carbocycles. The largest absolute Gasteiger partial charge is 0.469 e. The van der Waals surface area contributed by atoms with Gasteiger partial charge in [0.1, 0.15) is 0 Å². The van der Waals surface area contributed by atoms with E-state index >= 15 is 0 Å². The molecule has 1 heterocycles. The average molecular weight is 211 g/mol. The number of nitrogens with zero attached hydrogens (tertiary/aromatic N) is 2. The second kappa shape index (κ2) is 6.19. The maximum atomic E-state index is 10.8. The number of hydrogen-bond donors (Lipinski definition) is 1. The van der Waals surface area contributed by atoms with Crippen LogP contribution in [0.4, 0.5) is 0 Å². The van der Waals surface area contributed by atoms with Crippen LogP contribution in [0.3, 0.4) is 0 Å². The van der Waals surface area contributed by atoms with Gasteiger partial charge in [0.05, 0.1) is 19.7 Å². The van der Waals surface area contributed by atoms with Crippen molar-refractivity contribution in [3.05, 3.63) is 18.0 Å². The highest BCUT2D eigenvalue weighted by Crippen LogP contribution is 1.96. The molecule has 1 aromatic heterocycles. The normalized spacial score (nSPS) is 10.3. The molecule has 5 nitrogen and oxygen atoms in total. The minimum atomic E-state index is -0.188. The highest BCUT2D eigenvalue weighted by atomic mass is 16.5. The van der Waals surface area contributed by atoms with Gasteiger partial charge in [-0.1, -0.05) is 0 Å². The van der Waals surface area contributed by atoms with E-state index in [1.165, 1.54) is 7.11 Å². The van der Waals surface area contributed by atoms with Gasteiger partial charge in [0, 0.05) is 31.4 Å². The van der Waals surface area contributed by atoms with Crippen molar-refractivity contribution in [2.45, 2.75) is 26.4 Å². The van der Waals surface area contributed by atoms with E-state index in [9.17, 15) is 4.79 Å². The van der Waals surface area contributed by atoms with Crippen LogP contribution in [0.5, 0.6) is 0 Å². The number of ether oxygens (including phenoxy) is 1. The highest BCUT2D eigenvalue weighted by Gasteiger charge is 2.00. The SMILES string of the molecule is CCn1cc(CNCCC(=O)OC)cn1. The Balaban J connectivity index is 2.17. The minimum Gasteiger partial charge on any atom is -0.469 e. The first-order chi connectivity index (χ1) is 7.26. The molecule has 0 atom stereocenters. The Morgan fingerprint density at radius 2 is 2.47 bits per heavy atom. The van der Waals surface area contributed by atoms with Crippen molar-refractivity contribution < 1.29 is 9.53 Å². The number of carbonyl (C=O) groups is 1. The second-order valence-electron chi connectivity index (χ2n) is 3.21. The summed E-state index contributed by atoms with van der Waals surface area (Å²) < 4.78 is 6.40. The summed E-state index contributed by atoms with van der Waals surface area (Å²) in [4.78, 5) is 10.8. The molecule has 1 rings (SSSR count). The molecule has 84 valence electrons. The van der Waals surface area contributed by atoms with Crippen LogP contribution < -0.4 is 5.32 Å². The molecule has 0 bridgehead atoms. The number of aromatic nitrogens is 2.